The second-order valence-corrected chi connectivity index (χ2v) is 4.57. The summed E-state index contributed by atoms with van der Waals surface area (Å²) in [6, 6.07) is 7.22. The SMILES string of the molecule is Cc1cc(Cl)cc(C)c1Oc1ccc(CO)cn1. The van der Waals surface area contributed by atoms with Crippen LogP contribution in [0.2, 0.25) is 5.02 Å². The Morgan fingerprint density at radius 1 is 1.22 bits per heavy atom. The number of aryl methyl sites for hydroxylation is 2. The van der Waals surface area contributed by atoms with E-state index in [0.29, 0.717) is 10.9 Å². The van der Waals surface area contributed by atoms with E-state index < -0.39 is 0 Å². The van der Waals surface area contributed by atoms with Gasteiger partial charge in [0, 0.05) is 17.3 Å². The third-order valence-corrected chi connectivity index (χ3v) is 2.83. The molecular weight excluding hydrogens is 250 g/mol. The molecule has 94 valence electrons. The molecular formula is C14H14ClNO2. The topological polar surface area (TPSA) is 42.4 Å². The van der Waals surface area contributed by atoms with E-state index in [1.807, 2.05) is 26.0 Å². The Bertz CT molecular complexity index is 529. The molecule has 0 radical (unpaired) electrons. The number of benzene rings is 1. The highest BCUT2D eigenvalue weighted by atomic mass is 35.5. The molecule has 0 saturated carbocycles. The van der Waals surface area contributed by atoms with Gasteiger partial charge in [0.1, 0.15) is 5.75 Å². The Balaban J connectivity index is 2.28. The standard InChI is InChI=1S/C14H14ClNO2/c1-9-5-12(15)6-10(2)14(9)18-13-4-3-11(8-17)7-16-13/h3-7,17H,8H2,1-2H3. The smallest absolute Gasteiger partial charge is 0.219 e. The van der Waals surface area contributed by atoms with Crippen molar-refractivity contribution in [1.82, 2.24) is 4.98 Å². The van der Waals surface area contributed by atoms with Crippen molar-refractivity contribution in [3.63, 3.8) is 0 Å². The van der Waals surface area contributed by atoms with Gasteiger partial charge in [-0.3, -0.25) is 0 Å². The van der Waals surface area contributed by atoms with Crippen molar-refractivity contribution in [1.29, 1.82) is 0 Å². The molecule has 0 aliphatic heterocycles. The van der Waals surface area contributed by atoms with E-state index in [0.717, 1.165) is 22.4 Å². The summed E-state index contributed by atoms with van der Waals surface area (Å²) in [6.45, 7) is 3.86. The molecule has 3 nitrogen and oxygen atoms in total. The summed E-state index contributed by atoms with van der Waals surface area (Å²) in [5, 5.41) is 9.64. The van der Waals surface area contributed by atoms with Crippen molar-refractivity contribution in [3.05, 3.63) is 52.2 Å². The maximum atomic E-state index is 8.94. The largest absolute Gasteiger partial charge is 0.438 e. The van der Waals surface area contributed by atoms with E-state index in [-0.39, 0.29) is 6.61 Å². The number of ether oxygens (including phenoxy) is 1. The van der Waals surface area contributed by atoms with Crippen molar-refractivity contribution < 1.29 is 9.84 Å². The van der Waals surface area contributed by atoms with Crippen LogP contribution in [0.3, 0.4) is 0 Å². The van der Waals surface area contributed by atoms with Gasteiger partial charge in [-0.05, 0) is 48.7 Å². The quantitative estimate of drug-likeness (QED) is 0.919. The van der Waals surface area contributed by atoms with E-state index >= 15 is 0 Å². The van der Waals surface area contributed by atoms with Crippen molar-refractivity contribution in [3.8, 4) is 11.6 Å². The van der Waals surface area contributed by atoms with Crippen LogP contribution < -0.4 is 4.74 Å². The zero-order valence-electron chi connectivity index (χ0n) is 10.3. The molecule has 0 spiro atoms. The molecule has 1 aromatic heterocycles. The Hall–Kier alpha value is -1.58. The van der Waals surface area contributed by atoms with Crippen LogP contribution in [0.1, 0.15) is 16.7 Å². The number of aliphatic hydroxyl groups excluding tert-OH is 1. The van der Waals surface area contributed by atoms with E-state index in [1.54, 1.807) is 18.3 Å². The molecule has 0 fully saturated rings. The second kappa shape index (κ2) is 5.38. The summed E-state index contributed by atoms with van der Waals surface area (Å²) in [5.41, 5.74) is 2.69. The lowest BCUT2D eigenvalue weighted by Crippen LogP contribution is -1.94. The minimum Gasteiger partial charge on any atom is -0.438 e. The van der Waals surface area contributed by atoms with Gasteiger partial charge in [-0.25, -0.2) is 4.98 Å². The van der Waals surface area contributed by atoms with Crippen LogP contribution in [-0.4, -0.2) is 10.1 Å². The average Bonchev–Trinajstić information content (AvgIpc) is 2.34. The van der Waals surface area contributed by atoms with Crippen LogP contribution in [0.5, 0.6) is 11.6 Å². The lowest BCUT2D eigenvalue weighted by atomic mass is 10.1. The molecule has 0 unspecified atom stereocenters. The highest BCUT2D eigenvalue weighted by molar-refractivity contribution is 6.30. The van der Waals surface area contributed by atoms with Gasteiger partial charge in [0.2, 0.25) is 5.88 Å². The first-order valence-electron chi connectivity index (χ1n) is 5.60. The lowest BCUT2D eigenvalue weighted by molar-refractivity contribution is 0.281. The molecule has 0 bridgehead atoms. The predicted octanol–water partition coefficient (Wildman–Crippen LogP) is 3.64. The van der Waals surface area contributed by atoms with Gasteiger partial charge in [-0.2, -0.15) is 0 Å². The molecule has 0 aliphatic rings. The summed E-state index contributed by atoms with van der Waals surface area (Å²) in [4.78, 5) is 4.13. The Kier molecular flexibility index (Phi) is 3.84. The minimum atomic E-state index is -0.0215. The number of nitrogens with zero attached hydrogens (tertiary/aromatic N) is 1. The summed E-state index contributed by atoms with van der Waals surface area (Å²) in [5.74, 6) is 1.27. The van der Waals surface area contributed by atoms with Crippen molar-refractivity contribution in [2.24, 2.45) is 0 Å². The average molecular weight is 264 g/mol. The highest BCUT2D eigenvalue weighted by Gasteiger charge is 2.07. The third kappa shape index (κ3) is 2.81. The molecule has 2 aromatic rings. The van der Waals surface area contributed by atoms with E-state index in [4.69, 9.17) is 21.4 Å². The lowest BCUT2D eigenvalue weighted by Gasteiger charge is -2.11. The fourth-order valence-corrected chi connectivity index (χ4v) is 2.06. The van der Waals surface area contributed by atoms with Gasteiger partial charge in [0.25, 0.3) is 0 Å². The van der Waals surface area contributed by atoms with Crippen LogP contribution in [0.25, 0.3) is 0 Å². The molecule has 1 aromatic carbocycles. The number of hydrogen-bond donors (Lipinski definition) is 1. The van der Waals surface area contributed by atoms with Gasteiger partial charge in [0.05, 0.1) is 6.61 Å². The number of aliphatic hydroxyl groups is 1. The summed E-state index contributed by atoms with van der Waals surface area (Å²) in [7, 11) is 0. The molecule has 0 atom stereocenters. The third-order valence-electron chi connectivity index (χ3n) is 2.61. The fraction of sp³-hybridized carbons (Fsp3) is 0.214. The van der Waals surface area contributed by atoms with Gasteiger partial charge in [-0.15, -0.1) is 0 Å². The van der Waals surface area contributed by atoms with Crippen LogP contribution in [-0.2, 0) is 6.61 Å². The predicted molar refractivity (Wildman–Crippen MR) is 71.2 cm³/mol. The van der Waals surface area contributed by atoms with Crippen molar-refractivity contribution >= 4 is 11.6 Å². The molecule has 18 heavy (non-hydrogen) atoms. The molecule has 1 heterocycles. The number of hydrogen-bond acceptors (Lipinski definition) is 3. The maximum Gasteiger partial charge on any atom is 0.219 e. The van der Waals surface area contributed by atoms with E-state index in [2.05, 4.69) is 4.98 Å². The molecule has 1 N–H and O–H groups in total. The van der Waals surface area contributed by atoms with E-state index in [1.165, 1.54) is 0 Å². The first-order valence-corrected chi connectivity index (χ1v) is 5.98. The Morgan fingerprint density at radius 3 is 2.39 bits per heavy atom. The van der Waals surface area contributed by atoms with Crippen LogP contribution in [0.15, 0.2) is 30.5 Å². The summed E-state index contributed by atoms with van der Waals surface area (Å²) < 4.78 is 5.74. The molecule has 0 amide bonds. The number of pyridine rings is 1. The number of rotatable bonds is 3. The first-order chi connectivity index (χ1) is 8.60. The maximum absolute atomic E-state index is 8.94. The monoisotopic (exact) mass is 263 g/mol. The number of aromatic nitrogens is 1. The minimum absolute atomic E-state index is 0.0215. The zero-order valence-corrected chi connectivity index (χ0v) is 11.0. The second-order valence-electron chi connectivity index (χ2n) is 4.13. The first kappa shape index (κ1) is 12.9. The fourth-order valence-electron chi connectivity index (χ4n) is 1.73. The molecule has 4 heteroatoms. The summed E-state index contributed by atoms with van der Waals surface area (Å²) >= 11 is 5.97. The molecule has 2 rings (SSSR count). The van der Waals surface area contributed by atoms with Crippen molar-refractivity contribution in [2.75, 3.05) is 0 Å². The highest BCUT2D eigenvalue weighted by Crippen LogP contribution is 2.30. The zero-order chi connectivity index (χ0) is 13.1. The normalized spacial score (nSPS) is 10.4. The Labute approximate surface area is 111 Å². The van der Waals surface area contributed by atoms with Crippen LogP contribution >= 0.6 is 11.6 Å². The van der Waals surface area contributed by atoms with Crippen molar-refractivity contribution in [2.45, 2.75) is 20.5 Å². The van der Waals surface area contributed by atoms with Gasteiger partial charge < -0.3 is 9.84 Å². The Morgan fingerprint density at radius 2 is 1.89 bits per heavy atom. The van der Waals surface area contributed by atoms with Crippen LogP contribution in [0, 0.1) is 13.8 Å². The molecule has 0 saturated heterocycles. The number of halogens is 1. The van der Waals surface area contributed by atoms with E-state index in [9.17, 15) is 0 Å². The van der Waals surface area contributed by atoms with Gasteiger partial charge >= 0.3 is 0 Å². The van der Waals surface area contributed by atoms with Crippen LogP contribution in [0.4, 0.5) is 0 Å². The van der Waals surface area contributed by atoms with Gasteiger partial charge in [0.15, 0.2) is 0 Å². The molecule has 0 aliphatic carbocycles. The van der Waals surface area contributed by atoms with Gasteiger partial charge in [-0.1, -0.05) is 11.6 Å². The summed E-state index contributed by atoms with van der Waals surface area (Å²) in [6.07, 6.45) is 1.59.